The van der Waals surface area contributed by atoms with E-state index < -0.39 is 12.7 Å². The number of halogens is 3. The van der Waals surface area contributed by atoms with Crippen molar-refractivity contribution in [2.45, 2.75) is 25.9 Å². The Morgan fingerprint density at radius 2 is 2.05 bits per heavy atom. The predicted molar refractivity (Wildman–Crippen MR) is 77.0 cm³/mol. The van der Waals surface area contributed by atoms with Gasteiger partial charge in [-0.2, -0.15) is 13.2 Å². The van der Waals surface area contributed by atoms with Crippen LogP contribution in [0, 0.1) is 6.92 Å². The number of carbonyl (C=O) groups excluding carboxylic acids is 1. The minimum atomic E-state index is -4.21. The fourth-order valence-corrected chi connectivity index (χ4v) is 1.93. The van der Waals surface area contributed by atoms with E-state index in [9.17, 15) is 18.0 Å². The summed E-state index contributed by atoms with van der Waals surface area (Å²) < 4.78 is 36.4. The molecule has 0 radical (unpaired) electrons. The van der Waals surface area contributed by atoms with E-state index >= 15 is 0 Å². The van der Waals surface area contributed by atoms with E-state index in [2.05, 4.69) is 5.32 Å². The van der Waals surface area contributed by atoms with E-state index in [4.69, 9.17) is 5.73 Å². The summed E-state index contributed by atoms with van der Waals surface area (Å²) in [7, 11) is 1.38. The molecule has 0 saturated carbocycles. The van der Waals surface area contributed by atoms with E-state index in [0.29, 0.717) is 17.8 Å². The van der Waals surface area contributed by atoms with Gasteiger partial charge in [0.2, 0.25) is 5.91 Å². The van der Waals surface area contributed by atoms with Gasteiger partial charge in [-0.15, -0.1) is 0 Å². The van der Waals surface area contributed by atoms with Crippen LogP contribution in [0.25, 0.3) is 0 Å². The average Bonchev–Trinajstić information content (AvgIpc) is 2.30. The number of anilines is 2. The van der Waals surface area contributed by atoms with Crippen molar-refractivity contribution in [3.8, 4) is 0 Å². The average molecular weight is 303 g/mol. The predicted octanol–water partition coefficient (Wildman–Crippen LogP) is 2.79. The van der Waals surface area contributed by atoms with Gasteiger partial charge in [0.25, 0.3) is 0 Å². The number of carbonyl (C=O) groups is 1. The molecule has 0 bridgehead atoms. The molecule has 118 valence electrons. The highest BCUT2D eigenvalue weighted by Gasteiger charge is 2.28. The Bertz CT molecular complexity index is 489. The standard InChI is InChI=1S/C14H20F3N3O/c1-10-8-11(18)5-6-12(10)19-13(21)4-3-7-20(2)9-14(15,16)17/h5-6,8H,3-4,7,9,18H2,1-2H3,(H,19,21). The van der Waals surface area contributed by atoms with E-state index in [1.165, 1.54) is 7.05 Å². The first-order valence-corrected chi connectivity index (χ1v) is 6.58. The van der Waals surface area contributed by atoms with Crippen molar-refractivity contribution >= 4 is 17.3 Å². The lowest BCUT2D eigenvalue weighted by molar-refractivity contribution is -0.143. The molecule has 0 heterocycles. The van der Waals surface area contributed by atoms with Crippen molar-refractivity contribution in [3.05, 3.63) is 23.8 Å². The molecule has 7 heteroatoms. The Kier molecular flexibility index (Phi) is 6.02. The van der Waals surface area contributed by atoms with Crippen LogP contribution < -0.4 is 11.1 Å². The number of nitrogens with zero attached hydrogens (tertiary/aromatic N) is 1. The molecule has 0 aliphatic rings. The topological polar surface area (TPSA) is 58.4 Å². The lowest BCUT2D eigenvalue weighted by Gasteiger charge is -2.18. The molecule has 1 rings (SSSR count). The SMILES string of the molecule is Cc1cc(N)ccc1NC(=O)CCCN(C)CC(F)(F)F. The van der Waals surface area contributed by atoms with Gasteiger partial charge < -0.3 is 11.1 Å². The van der Waals surface area contributed by atoms with Gasteiger partial charge in [-0.3, -0.25) is 9.69 Å². The van der Waals surface area contributed by atoms with Gasteiger partial charge >= 0.3 is 6.18 Å². The van der Waals surface area contributed by atoms with E-state index in [1.54, 1.807) is 18.2 Å². The van der Waals surface area contributed by atoms with E-state index in [1.807, 2.05) is 6.92 Å². The van der Waals surface area contributed by atoms with Crippen LogP contribution in [0.3, 0.4) is 0 Å². The van der Waals surface area contributed by atoms with Crippen molar-refractivity contribution < 1.29 is 18.0 Å². The van der Waals surface area contributed by atoms with Gasteiger partial charge in [0, 0.05) is 17.8 Å². The second kappa shape index (κ2) is 7.31. The van der Waals surface area contributed by atoms with Crippen molar-refractivity contribution in [2.75, 3.05) is 31.2 Å². The van der Waals surface area contributed by atoms with Crippen LogP contribution in [0.1, 0.15) is 18.4 Å². The zero-order valence-electron chi connectivity index (χ0n) is 12.1. The number of hydrogen-bond donors (Lipinski definition) is 2. The summed E-state index contributed by atoms with van der Waals surface area (Å²) in [5.41, 5.74) is 7.73. The van der Waals surface area contributed by atoms with Crippen LogP contribution in [0.5, 0.6) is 0 Å². The molecule has 21 heavy (non-hydrogen) atoms. The molecule has 3 N–H and O–H groups in total. The summed E-state index contributed by atoms with van der Waals surface area (Å²) in [5.74, 6) is -0.219. The third kappa shape index (κ3) is 6.99. The zero-order chi connectivity index (χ0) is 16.0. The van der Waals surface area contributed by atoms with E-state index in [-0.39, 0.29) is 18.9 Å². The maximum Gasteiger partial charge on any atom is 0.401 e. The quantitative estimate of drug-likeness (QED) is 0.795. The molecule has 0 aliphatic heterocycles. The van der Waals surface area contributed by atoms with Gasteiger partial charge in [-0.25, -0.2) is 0 Å². The largest absolute Gasteiger partial charge is 0.401 e. The molecule has 0 unspecified atom stereocenters. The number of aryl methyl sites for hydroxylation is 1. The van der Waals surface area contributed by atoms with Gasteiger partial charge in [-0.1, -0.05) is 0 Å². The molecule has 0 aliphatic carbocycles. The van der Waals surface area contributed by atoms with Crippen LogP contribution in [0.4, 0.5) is 24.5 Å². The molecular formula is C14H20F3N3O. The molecule has 0 fully saturated rings. The summed E-state index contributed by atoms with van der Waals surface area (Å²) >= 11 is 0. The fourth-order valence-electron chi connectivity index (χ4n) is 1.93. The smallest absolute Gasteiger partial charge is 0.399 e. The Morgan fingerprint density at radius 1 is 1.38 bits per heavy atom. The molecule has 1 amide bonds. The zero-order valence-corrected chi connectivity index (χ0v) is 12.1. The summed E-state index contributed by atoms with van der Waals surface area (Å²) in [5, 5.41) is 2.72. The number of hydrogen-bond acceptors (Lipinski definition) is 3. The lowest BCUT2D eigenvalue weighted by atomic mass is 10.1. The minimum absolute atomic E-state index is 0.173. The number of nitrogens with one attached hydrogen (secondary N) is 1. The highest BCUT2D eigenvalue weighted by molar-refractivity contribution is 5.91. The molecular weight excluding hydrogens is 283 g/mol. The Morgan fingerprint density at radius 3 is 2.62 bits per heavy atom. The number of nitrogens with two attached hydrogens (primary N) is 1. The van der Waals surface area contributed by atoms with Gasteiger partial charge in [0.05, 0.1) is 6.54 Å². The highest BCUT2D eigenvalue weighted by Crippen LogP contribution is 2.18. The van der Waals surface area contributed by atoms with Crippen LogP contribution in [0.2, 0.25) is 0 Å². The molecule has 1 aromatic rings. The lowest BCUT2D eigenvalue weighted by Crippen LogP contribution is -2.32. The Hall–Kier alpha value is -1.76. The first-order valence-electron chi connectivity index (χ1n) is 6.58. The number of benzene rings is 1. The van der Waals surface area contributed by atoms with Crippen molar-refractivity contribution in [3.63, 3.8) is 0 Å². The van der Waals surface area contributed by atoms with Gasteiger partial charge in [0.1, 0.15) is 0 Å². The van der Waals surface area contributed by atoms with Crippen molar-refractivity contribution in [2.24, 2.45) is 0 Å². The normalized spacial score (nSPS) is 11.7. The summed E-state index contributed by atoms with van der Waals surface area (Å²) in [6, 6.07) is 5.13. The minimum Gasteiger partial charge on any atom is -0.399 e. The van der Waals surface area contributed by atoms with E-state index in [0.717, 1.165) is 10.5 Å². The maximum absolute atomic E-state index is 12.1. The van der Waals surface area contributed by atoms with Crippen LogP contribution in [-0.4, -0.2) is 37.1 Å². The molecule has 4 nitrogen and oxygen atoms in total. The number of amides is 1. The van der Waals surface area contributed by atoms with Crippen molar-refractivity contribution in [1.82, 2.24) is 4.90 Å². The molecule has 0 atom stereocenters. The summed E-state index contributed by atoms with van der Waals surface area (Å²) in [6.45, 7) is 1.07. The maximum atomic E-state index is 12.1. The summed E-state index contributed by atoms with van der Waals surface area (Å²) in [6.07, 6.45) is -3.67. The molecule has 0 aromatic heterocycles. The highest BCUT2D eigenvalue weighted by atomic mass is 19.4. The second-order valence-corrected chi connectivity index (χ2v) is 5.08. The number of rotatable bonds is 6. The fraction of sp³-hybridized carbons (Fsp3) is 0.500. The summed E-state index contributed by atoms with van der Waals surface area (Å²) in [4.78, 5) is 12.9. The first-order chi connectivity index (χ1) is 9.67. The van der Waals surface area contributed by atoms with Gasteiger partial charge in [0.15, 0.2) is 0 Å². The first kappa shape index (κ1) is 17.3. The molecule has 0 saturated heterocycles. The van der Waals surface area contributed by atoms with Crippen molar-refractivity contribution in [1.29, 1.82) is 0 Å². The van der Waals surface area contributed by atoms with Crippen LogP contribution in [0.15, 0.2) is 18.2 Å². The van der Waals surface area contributed by atoms with Crippen LogP contribution >= 0.6 is 0 Å². The van der Waals surface area contributed by atoms with Crippen LogP contribution in [-0.2, 0) is 4.79 Å². The monoisotopic (exact) mass is 303 g/mol. The second-order valence-electron chi connectivity index (χ2n) is 5.08. The number of alkyl halides is 3. The Labute approximate surface area is 122 Å². The molecule has 0 spiro atoms. The Balaban J connectivity index is 2.34. The number of nitrogen functional groups attached to an aromatic ring is 1. The molecule has 1 aromatic carbocycles. The third-order valence-corrected chi connectivity index (χ3v) is 2.92. The third-order valence-electron chi connectivity index (χ3n) is 2.92. The van der Waals surface area contributed by atoms with Gasteiger partial charge in [-0.05, 0) is 50.7 Å².